The van der Waals surface area contributed by atoms with E-state index < -0.39 is 6.61 Å². The smallest absolute Gasteiger partial charge is 0.387 e. The van der Waals surface area contributed by atoms with Crippen molar-refractivity contribution in [3.63, 3.8) is 0 Å². The maximum Gasteiger partial charge on any atom is 0.387 e. The van der Waals surface area contributed by atoms with Crippen LogP contribution < -0.4 is 24.8 Å². The molecule has 0 unspecified atom stereocenters. The van der Waals surface area contributed by atoms with Gasteiger partial charge in [-0.1, -0.05) is 12.1 Å². The lowest BCUT2D eigenvalue weighted by molar-refractivity contribution is -0.0504. The highest BCUT2D eigenvalue weighted by Gasteiger charge is 2.11. The van der Waals surface area contributed by atoms with Crippen LogP contribution in [0.3, 0.4) is 0 Å². The molecule has 0 spiro atoms. The number of alkyl halides is 2. The summed E-state index contributed by atoms with van der Waals surface area (Å²) in [5.74, 6) is 1.99. The number of methoxy groups -OCH3 is 2. The van der Waals surface area contributed by atoms with E-state index in [1.807, 2.05) is 31.2 Å². The average Bonchev–Trinajstić information content (AvgIpc) is 2.71. The minimum atomic E-state index is -2.90. The lowest BCUT2D eigenvalue weighted by atomic mass is 10.2. The molecule has 6 nitrogen and oxygen atoms in total. The van der Waals surface area contributed by atoms with Gasteiger partial charge < -0.3 is 24.8 Å². The Balaban J connectivity index is 2.09. The van der Waals surface area contributed by atoms with E-state index in [-0.39, 0.29) is 12.3 Å². The molecule has 0 saturated carbocycles. The number of ether oxygens (including phenoxy) is 3. The van der Waals surface area contributed by atoms with Crippen molar-refractivity contribution in [3.05, 3.63) is 53.6 Å². The minimum Gasteiger partial charge on any atom is -0.497 e. The van der Waals surface area contributed by atoms with Crippen LogP contribution in [-0.2, 0) is 13.1 Å². The van der Waals surface area contributed by atoms with Crippen LogP contribution in [0.15, 0.2) is 47.5 Å². The van der Waals surface area contributed by atoms with Crippen molar-refractivity contribution in [2.45, 2.75) is 26.6 Å². The highest BCUT2D eigenvalue weighted by atomic mass is 19.3. The van der Waals surface area contributed by atoms with Gasteiger partial charge in [0.1, 0.15) is 17.2 Å². The van der Waals surface area contributed by atoms with Gasteiger partial charge >= 0.3 is 6.61 Å². The lowest BCUT2D eigenvalue weighted by Gasteiger charge is -2.15. The third kappa shape index (κ3) is 6.61. The van der Waals surface area contributed by atoms with Crippen molar-refractivity contribution in [1.29, 1.82) is 0 Å². The molecule has 0 aliphatic carbocycles. The summed E-state index contributed by atoms with van der Waals surface area (Å²) in [5.41, 5.74) is 1.55. The van der Waals surface area contributed by atoms with Gasteiger partial charge in [0.05, 0.1) is 20.8 Å². The standard InChI is InChI=1S/C20H25F2N3O3/c1-4-23-20(24-12-14-5-7-16(26-2)8-6-14)25-13-15-11-17(27-3)9-10-18(15)28-19(21)22/h5-11,19H,4,12-13H2,1-3H3,(H2,23,24,25). The Kier molecular flexibility index (Phi) is 8.33. The minimum absolute atomic E-state index is 0.0919. The van der Waals surface area contributed by atoms with Crippen LogP contribution in [0.1, 0.15) is 18.1 Å². The number of benzene rings is 2. The van der Waals surface area contributed by atoms with Gasteiger partial charge in [-0.05, 0) is 42.8 Å². The number of nitrogens with one attached hydrogen (secondary N) is 2. The molecule has 0 amide bonds. The maximum absolute atomic E-state index is 12.6. The predicted molar refractivity (Wildman–Crippen MR) is 104 cm³/mol. The second-order valence-electron chi connectivity index (χ2n) is 5.75. The van der Waals surface area contributed by atoms with Gasteiger partial charge in [0, 0.05) is 18.7 Å². The molecule has 0 heterocycles. The Hall–Kier alpha value is -3.03. The van der Waals surface area contributed by atoms with Crippen LogP contribution in [0.2, 0.25) is 0 Å². The van der Waals surface area contributed by atoms with Crippen LogP contribution in [0.5, 0.6) is 17.2 Å². The second-order valence-corrected chi connectivity index (χ2v) is 5.75. The van der Waals surface area contributed by atoms with E-state index in [4.69, 9.17) is 9.47 Å². The quantitative estimate of drug-likeness (QED) is 0.504. The van der Waals surface area contributed by atoms with Crippen LogP contribution >= 0.6 is 0 Å². The summed E-state index contributed by atoms with van der Waals surface area (Å²) in [6.07, 6.45) is 0. The molecule has 2 aromatic rings. The van der Waals surface area contributed by atoms with E-state index in [1.54, 1.807) is 19.2 Å². The van der Waals surface area contributed by atoms with Gasteiger partial charge in [0.25, 0.3) is 0 Å². The van der Waals surface area contributed by atoms with E-state index in [1.165, 1.54) is 13.2 Å². The first-order valence-corrected chi connectivity index (χ1v) is 8.82. The van der Waals surface area contributed by atoms with E-state index in [9.17, 15) is 8.78 Å². The zero-order valence-electron chi connectivity index (χ0n) is 16.2. The van der Waals surface area contributed by atoms with Crippen molar-refractivity contribution in [2.75, 3.05) is 20.8 Å². The SMILES string of the molecule is CCNC(=NCc1ccc(OC)cc1)NCc1cc(OC)ccc1OC(F)F. The predicted octanol–water partition coefficient (Wildman–Crippen LogP) is 3.56. The van der Waals surface area contributed by atoms with Gasteiger partial charge in [-0.2, -0.15) is 8.78 Å². The molecule has 2 rings (SSSR count). The first-order valence-electron chi connectivity index (χ1n) is 8.82. The molecule has 0 aliphatic heterocycles. The second kappa shape index (κ2) is 11.0. The molecule has 0 bridgehead atoms. The fraction of sp³-hybridized carbons (Fsp3) is 0.350. The molecule has 152 valence electrons. The lowest BCUT2D eigenvalue weighted by Crippen LogP contribution is -2.36. The third-order valence-electron chi connectivity index (χ3n) is 3.85. The third-order valence-corrected chi connectivity index (χ3v) is 3.85. The zero-order chi connectivity index (χ0) is 20.4. The van der Waals surface area contributed by atoms with Gasteiger partial charge in [-0.15, -0.1) is 0 Å². The van der Waals surface area contributed by atoms with Crippen molar-refractivity contribution in [1.82, 2.24) is 10.6 Å². The van der Waals surface area contributed by atoms with Gasteiger partial charge in [0.15, 0.2) is 5.96 Å². The monoisotopic (exact) mass is 393 g/mol. The maximum atomic E-state index is 12.6. The summed E-state index contributed by atoms with van der Waals surface area (Å²) < 4.78 is 40.2. The number of guanidine groups is 1. The Morgan fingerprint density at radius 1 is 1.00 bits per heavy atom. The number of hydrogen-bond acceptors (Lipinski definition) is 4. The molecule has 0 radical (unpaired) electrons. The molecule has 0 fully saturated rings. The fourth-order valence-electron chi connectivity index (χ4n) is 2.45. The van der Waals surface area contributed by atoms with Crippen LogP contribution in [0.25, 0.3) is 0 Å². The highest BCUT2D eigenvalue weighted by Crippen LogP contribution is 2.25. The first-order chi connectivity index (χ1) is 13.5. The normalized spacial score (nSPS) is 11.3. The van der Waals surface area contributed by atoms with Crippen LogP contribution in [0, 0.1) is 0 Å². The van der Waals surface area contributed by atoms with Crippen molar-refractivity contribution < 1.29 is 23.0 Å². The van der Waals surface area contributed by atoms with Gasteiger partial charge in [-0.3, -0.25) is 0 Å². The molecule has 8 heteroatoms. The Bertz CT molecular complexity index is 768. The Morgan fingerprint density at radius 2 is 1.68 bits per heavy atom. The largest absolute Gasteiger partial charge is 0.497 e. The number of aliphatic imine (C=N–C) groups is 1. The fourth-order valence-corrected chi connectivity index (χ4v) is 2.45. The molecular weight excluding hydrogens is 368 g/mol. The van der Waals surface area contributed by atoms with Crippen molar-refractivity contribution >= 4 is 5.96 Å². The number of halogens is 2. The summed E-state index contributed by atoms with van der Waals surface area (Å²) in [7, 11) is 3.13. The summed E-state index contributed by atoms with van der Waals surface area (Å²) in [6.45, 7) is 0.407. The zero-order valence-corrected chi connectivity index (χ0v) is 16.2. The topological polar surface area (TPSA) is 64.1 Å². The molecule has 0 saturated heterocycles. The summed E-state index contributed by atoms with van der Waals surface area (Å²) >= 11 is 0. The van der Waals surface area contributed by atoms with Crippen LogP contribution in [0.4, 0.5) is 8.78 Å². The highest BCUT2D eigenvalue weighted by molar-refractivity contribution is 5.79. The number of nitrogens with zero attached hydrogens (tertiary/aromatic N) is 1. The van der Waals surface area contributed by atoms with E-state index in [0.717, 1.165) is 11.3 Å². The summed E-state index contributed by atoms with van der Waals surface area (Å²) in [4.78, 5) is 4.52. The van der Waals surface area contributed by atoms with Crippen molar-refractivity contribution in [2.24, 2.45) is 4.99 Å². The summed E-state index contributed by atoms with van der Waals surface area (Å²) in [6, 6.07) is 12.3. The molecule has 2 aromatic carbocycles. The Labute approximate surface area is 163 Å². The van der Waals surface area contributed by atoms with Crippen molar-refractivity contribution in [3.8, 4) is 17.2 Å². The van der Waals surface area contributed by atoms with E-state index >= 15 is 0 Å². The molecular formula is C20H25F2N3O3. The summed E-state index contributed by atoms with van der Waals surface area (Å²) in [5, 5.41) is 6.26. The number of rotatable bonds is 9. The van der Waals surface area contributed by atoms with Gasteiger partial charge in [-0.25, -0.2) is 4.99 Å². The molecule has 28 heavy (non-hydrogen) atoms. The molecule has 0 aromatic heterocycles. The average molecular weight is 393 g/mol. The first kappa shape index (κ1) is 21.3. The van der Waals surface area contributed by atoms with E-state index in [2.05, 4.69) is 20.4 Å². The van der Waals surface area contributed by atoms with Gasteiger partial charge in [0.2, 0.25) is 0 Å². The molecule has 0 aliphatic rings. The van der Waals surface area contributed by atoms with Crippen LogP contribution in [-0.4, -0.2) is 33.3 Å². The molecule has 0 atom stereocenters. The number of hydrogen-bond donors (Lipinski definition) is 2. The van der Waals surface area contributed by atoms with E-state index in [0.29, 0.717) is 30.4 Å². The molecule has 2 N–H and O–H groups in total. The Morgan fingerprint density at radius 3 is 2.29 bits per heavy atom.